The Balaban J connectivity index is 1.98. The van der Waals surface area contributed by atoms with Crippen LogP contribution in [-0.2, 0) is 4.74 Å². The van der Waals surface area contributed by atoms with Gasteiger partial charge in [0.05, 0.1) is 6.61 Å². The van der Waals surface area contributed by atoms with Crippen LogP contribution >= 0.6 is 0 Å². The summed E-state index contributed by atoms with van der Waals surface area (Å²) in [6, 6.07) is 6.44. The van der Waals surface area contributed by atoms with Crippen molar-refractivity contribution < 1.29 is 9.47 Å². The van der Waals surface area contributed by atoms with Crippen molar-refractivity contribution in [3.63, 3.8) is 0 Å². The molecule has 1 aliphatic heterocycles. The second kappa shape index (κ2) is 6.78. The quantitative estimate of drug-likeness (QED) is 0.757. The van der Waals surface area contributed by atoms with Gasteiger partial charge in [0.15, 0.2) is 0 Å². The third-order valence-corrected chi connectivity index (χ3v) is 3.57. The molecule has 1 aromatic carbocycles. The van der Waals surface area contributed by atoms with Gasteiger partial charge in [-0.2, -0.15) is 0 Å². The van der Waals surface area contributed by atoms with Crippen molar-refractivity contribution in [1.82, 2.24) is 4.90 Å². The molecule has 1 aromatic rings. The van der Waals surface area contributed by atoms with Crippen molar-refractivity contribution in [2.24, 2.45) is 0 Å². The van der Waals surface area contributed by atoms with E-state index in [-0.39, 0.29) is 0 Å². The molecular weight excluding hydrogens is 240 g/mol. The zero-order chi connectivity index (χ0) is 13.7. The molecule has 0 atom stereocenters. The van der Waals surface area contributed by atoms with Gasteiger partial charge in [-0.1, -0.05) is 0 Å². The summed E-state index contributed by atoms with van der Waals surface area (Å²) < 4.78 is 10.7. The summed E-state index contributed by atoms with van der Waals surface area (Å²) in [6.07, 6.45) is 0. The number of likely N-dealkylation sites (N-methyl/N-ethyl adjacent to an activating group) is 1. The van der Waals surface area contributed by atoms with Crippen LogP contribution < -0.4 is 9.64 Å². The Bertz CT molecular complexity index is 401. The number of aryl methyl sites for hydroxylation is 1. The number of piperazine rings is 1. The molecule has 1 heterocycles. The molecule has 0 radical (unpaired) electrons. The zero-order valence-electron chi connectivity index (χ0n) is 12.2. The van der Waals surface area contributed by atoms with Gasteiger partial charge in [-0.05, 0) is 37.7 Å². The van der Waals surface area contributed by atoms with Gasteiger partial charge in [-0.25, -0.2) is 0 Å². The monoisotopic (exact) mass is 264 g/mol. The topological polar surface area (TPSA) is 24.9 Å². The van der Waals surface area contributed by atoms with E-state index in [1.165, 1.54) is 11.3 Å². The van der Waals surface area contributed by atoms with Gasteiger partial charge < -0.3 is 19.3 Å². The van der Waals surface area contributed by atoms with Crippen LogP contribution in [0.25, 0.3) is 0 Å². The molecule has 0 bridgehead atoms. The average molecular weight is 264 g/mol. The third kappa shape index (κ3) is 3.85. The number of anilines is 1. The molecule has 2 rings (SSSR count). The predicted molar refractivity (Wildman–Crippen MR) is 78.3 cm³/mol. The second-order valence-corrected chi connectivity index (χ2v) is 5.08. The van der Waals surface area contributed by atoms with E-state index in [4.69, 9.17) is 9.47 Å². The number of ether oxygens (including phenoxy) is 2. The number of rotatable bonds is 5. The Hall–Kier alpha value is -1.26. The van der Waals surface area contributed by atoms with Crippen LogP contribution in [0.3, 0.4) is 0 Å². The van der Waals surface area contributed by atoms with E-state index in [1.807, 2.05) is 0 Å². The molecule has 0 saturated carbocycles. The van der Waals surface area contributed by atoms with E-state index in [2.05, 4.69) is 42.0 Å². The van der Waals surface area contributed by atoms with Crippen LogP contribution in [0, 0.1) is 6.92 Å². The maximum atomic E-state index is 5.68. The minimum atomic E-state index is 0.602. The first kappa shape index (κ1) is 14.2. The largest absolute Gasteiger partial charge is 0.491 e. The number of hydrogen-bond donors (Lipinski definition) is 0. The van der Waals surface area contributed by atoms with E-state index in [0.29, 0.717) is 13.2 Å². The van der Waals surface area contributed by atoms with E-state index < -0.39 is 0 Å². The predicted octanol–water partition coefficient (Wildman–Crippen LogP) is 1.77. The number of nitrogens with zero attached hydrogens (tertiary/aromatic N) is 2. The van der Waals surface area contributed by atoms with E-state index >= 15 is 0 Å². The molecule has 1 saturated heterocycles. The molecule has 0 N–H and O–H groups in total. The van der Waals surface area contributed by atoms with Crippen molar-refractivity contribution in [3.8, 4) is 5.75 Å². The molecule has 0 unspecified atom stereocenters. The molecule has 1 fully saturated rings. The van der Waals surface area contributed by atoms with Gasteiger partial charge in [0.1, 0.15) is 12.4 Å². The van der Waals surface area contributed by atoms with Gasteiger partial charge in [0, 0.05) is 39.0 Å². The van der Waals surface area contributed by atoms with Gasteiger partial charge in [0.2, 0.25) is 0 Å². The number of hydrogen-bond acceptors (Lipinski definition) is 4. The van der Waals surface area contributed by atoms with E-state index in [1.54, 1.807) is 7.11 Å². The van der Waals surface area contributed by atoms with Crippen molar-refractivity contribution in [1.29, 1.82) is 0 Å². The fourth-order valence-electron chi connectivity index (χ4n) is 2.29. The minimum Gasteiger partial charge on any atom is -0.491 e. The summed E-state index contributed by atoms with van der Waals surface area (Å²) >= 11 is 0. The molecule has 4 heteroatoms. The van der Waals surface area contributed by atoms with Gasteiger partial charge in [0.25, 0.3) is 0 Å². The standard InChI is InChI=1S/C15H24N2O2/c1-13-12-14(17-8-6-16(2)7-9-17)4-5-15(13)19-11-10-18-3/h4-5,12H,6-11H2,1-3H3. The molecule has 0 amide bonds. The lowest BCUT2D eigenvalue weighted by Crippen LogP contribution is -2.44. The van der Waals surface area contributed by atoms with E-state index in [0.717, 1.165) is 31.9 Å². The first-order valence-electron chi connectivity index (χ1n) is 6.86. The normalized spacial score (nSPS) is 16.7. The summed E-state index contributed by atoms with van der Waals surface area (Å²) in [6.45, 7) is 7.78. The smallest absolute Gasteiger partial charge is 0.122 e. The van der Waals surface area contributed by atoms with Crippen molar-refractivity contribution >= 4 is 5.69 Å². The van der Waals surface area contributed by atoms with Gasteiger partial charge in [-0.3, -0.25) is 0 Å². The van der Waals surface area contributed by atoms with Crippen LogP contribution in [0.2, 0.25) is 0 Å². The summed E-state index contributed by atoms with van der Waals surface area (Å²) in [5.74, 6) is 0.954. The lowest BCUT2D eigenvalue weighted by atomic mass is 10.1. The summed E-state index contributed by atoms with van der Waals surface area (Å²) in [7, 11) is 3.86. The zero-order valence-corrected chi connectivity index (χ0v) is 12.2. The van der Waals surface area contributed by atoms with Crippen LogP contribution in [0.4, 0.5) is 5.69 Å². The Morgan fingerprint density at radius 2 is 1.84 bits per heavy atom. The lowest BCUT2D eigenvalue weighted by Gasteiger charge is -2.34. The Kier molecular flexibility index (Phi) is 5.05. The third-order valence-electron chi connectivity index (χ3n) is 3.57. The van der Waals surface area contributed by atoms with Gasteiger partial charge >= 0.3 is 0 Å². The van der Waals surface area contributed by atoms with Crippen LogP contribution in [0.5, 0.6) is 5.75 Å². The fraction of sp³-hybridized carbons (Fsp3) is 0.600. The van der Waals surface area contributed by atoms with Crippen LogP contribution in [0.1, 0.15) is 5.56 Å². The first-order valence-corrected chi connectivity index (χ1v) is 6.86. The Morgan fingerprint density at radius 1 is 1.11 bits per heavy atom. The fourth-order valence-corrected chi connectivity index (χ4v) is 2.29. The number of methoxy groups -OCH3 is 1. The Labute approximate surface area is 115 Å². The highest BCUT2D eigenvalue weighted by atomic mass is 16.5. The first-order chi connectivity index (χ1) is 9.20. The summed E-state index contributed by atoms with van der Waals surface area (Å²) in [5.41, 5.74) is 2.48. The SMILES string of the molecule is COCCOc1ccc(N2CCN(C)CC2)cc1C. The minimum absolute atomic E-state index is 0.602. The van der Waals surface area contributed by atoms with Crippen molar-refractivity contribution in [2.45, 2.75) is 6.92 Å². The molecule has 0 aromatic heterocycles. The Morgan fingerprint density at radius 3 is 2.47 bits per heavy atom. The average Bonchev–Trinajstić information content (AvgIpc) is 2.42. The maximum absolute atomic E-state index is 5.68. The van der Waals surface area contributed by atoms with Crippen LogP contribution in [-0.4, -0.2) is 58.5 Å². The second-order valence-electron chi connectivity index (χ2n) is 5.08. The molecule has 1 aliphatic rings. The van der Waals surface area contributed by atoms with Gasteiger partial charge in [-0.15, -0.1) is 0 Å². The van der Waals surface area contributed by atoms with Crippen molar-refractivity contribution in [3.05, 3.63) is 23.8 Å². The highest BCUT2D eigenvalue weighted by molar-refractivity contribution is 5.53. The lowest BCUT2D eigenvalue weighted by molar-refractivity contribution is 0.146. The highest BCUT2D eigenvalue weighted by Gasteiger charge is 2.14. The van der Waals surface area contributed by atoms with Crippen LogP contribution in [0.15, 0.2) is 18.2 Å². The maximum Gasteiger partial charge on any atom is 0.122 e. The van der Waals surface area contributed by atoms with Crippen molar-refractivity contribution in [2.75, 3.05) is 58.5 Å². The molecule has 0 aliphatic carbocycles. The molecule has 4 nitrogen and oxygen atoms in total. The highest BCUT2D eigenvalue weighted by Crippen LogP contribution is 2.25. The van der Waals surface area contributed by atoms with E-state index in [9.17, 15) is 0 Å². The summed E-state index contributed by atoms with van der Waals surface area (Å²) in [4.78, 5) is 4.80. The molecule has 19 heavy (non-hydrogen) atoms. The summed E-state index contributed by atoms with van der Waals surface area (Å²) in [5, 5.41) is 0. The molecule has 0 spiro atoms. The molecular formula is C15H24N2O2. The number of benzene rings is 1. The molecule has 106 valence electrons.